The van der Waals surface area contributed by atoms with Crippen LogP contribution in [0.2, 0.25) is 5.02 Å². The molecule has 240 valence electrons. The number of aliphatic hydroxyl groups excluding tert-OH is 1. The summed E-state index contributed by atoms with van der Waals surface area (Å²) in [5, 5.41) is 16.0. The second-order valence-electron chi connectivity index (χ2n) is 9.43. The van der Waals surface area contributed by atoms with Crippen LogP contribution >= 0.6 is 11.6 Å². The molecule has 0 spiro atoms. The molecular formula is C31H40ClF2N5O5. The van der Waals surface area contributed by atoms with Crippen LogP contribution in [0.5, 0.6) is 11.6 Å². The summed E-state index contributed by atoms with van der Waals surface area (Å²) in [7, 11) is 0. The Morgan fingerprint density at radius 2 is 1.61 bits per heavy atom. The van der Waals surface area contributed by atoms with E-state index in [9.17, 15) is 18.4 Å². The number of aliphatic imine (C=N–C) groups is 1. The summed E-state index contributed by atoms with van der Waals surface area (Å²) in [5.41, 5.74) is 0.797. The molecule has 2 amide bonds. The van der Waals surface area contributed by atoms with Gasteiger partial charge in [0.1, 0.15) is 24.1 Å². The van der Waals surface area contributed by atoms with Gasteiger partial charge in [0.05, 0.1) is 12.7 Å². The number of aliphatic hydroxyl groups is 1. The van der Waals surface area contributed by atoms with Gasteiger partial charge in [0, 0.05) is 28.7 Å². The number of urea groups is 1. The molecule has 3 aromatic rings. The summed E-state index contributed by atoms with van der Waals surface area (Å²) in [6.07, 6.45) is 2.32. The molecule has 1 aromatic heterocycles. The van der Waals surface area contributed by atoms with E-state index in [0.717, 1.165) is 11.8 Å². The Hall–Kier alpha value is -4.42. The van der Waals surface area contributed by atoms with Gasteiger partial charge in [-0.25, -0.2) is 18.6 Å². The number of Topliss-reactive ketones (excluding diaryl/α,β-unsaturated/α-hetero) is 1. The molecule has 10 nitrogen and oxygen atoms in total. The summed E-state index contributed by atoms with van der Waals surface area (Å²) in [6, 6.07) is 16.1. The Morgan fingerprint density at radius 3 is 2.11 bits per heavy atom. The van der Waals surface area contributed by atoms with Crippen molar-refractivity contribution in [1.82, 2.24) is 15.6 Å². The zero-order valence-corrected chi connectivity index (χ0v) is 26.3. The standard InChI is InChI=1S/C26H27ClFN5O3.C3H8.CH3FO.CH2O/c1-17(34)26(2,3)16-31-24(33-25(35)30-14-18-4-6-19(27)7-5-18)32-21-9-11-22(12-10-21)36-23-13-8-20(28)15-29-23;1-3-2;2-1-3;1-2/h4-13,15H,14,16H2,1-3H3,(H3,30,31,32,33,35);3H2,1-2H3;3H,1H2;1H2. The summed E-state index contributed by atoms with van der Waals surface area (Å²) in [6.45, 7) is 10.5. The number of carbonyl (C=O) groups excluding carboxylic acids is 3. The average molecular weight is 636 g/mol. The maximum absolute atomic E-state index is 13.0. The van der Waals surface area contributed by atoms with E-state index in [4.69, 9.17) is 26.2 Å². The molecule has 3 rings (SSSR count). The highest BCUT2D eigenvalue weighted by molar-refractivity contribution is 6.30. The van der Waals surface area contributed by atoms with Gasteiger partial charge in [0.15, 0.2) is 6.86 Å². The number of amides is 2. The topological polar surface area (TPSA) is 142 Å². The van der Waals surface area contributed by atoms with Gasteiger partial charge < -0.3 is 25.3 Å². The largest absolute Gasteiger partial charge is 0.439 e. The Bertz CT molecular complexity index is 1270. The number of rotatable bonds is 8. The van der Waals surface area contributed by atoms with E-state index < -0.39 is 24.1 Å². The number of hydrogen-bond acceptors (Lipinski definition) is 7. The number of nitrogens with one attached hydrogen (secondary N) is 3. The van der Waals surface area contributed by atoms with Crippen molar-refractivity contribution in [3.05, 3.63) is 83.3 Å². The van der Waals surface area contributed by atoms with Crippen LogP contribution in [0, 0.1) is 11.2 Å². The summed E-state index contributed by atoms with van der Waals surface area (Å²) >= 11 is 5.90. The number of nitrogens with zero attached hydrogens (tertiary/aromatic N) is 2. The van der Waals surface area contributed by atoms with Crippen molar-refractivity contribution in [2.75, 3.05) is 18.7 Å². The first-order chi connectivity index (χ1) is 20.9. The van der Waals surface area contributed by atoms with Gasteiger partial charge in [-0.15, -0.1) is 0 Å². The molecule has 2 aromatic carbocycles. The Labute approximate surface area is 261 Å². The minimum absolute atomic E-state index is 0.0197. The molecule has 0 bridgehead atoms. The van der Waals surface area contributed by atoms with Crippen molar-refractivity contribution in [2.45, 2.75) is 47.6 Å². The lowest BCUT2D eigenvalue weighted by Crippen LogP contribution is -2.43. The van der Waals surface area contributed by atoms with Crippen LogP contribution < -0.4 is 20.7 Å². The van der Waals surface area contributed by atoms with Gasteiger partial charge >= 0.3 is 6.03 Å². The number of guanidine groups is 1. The van der Waals surface area contributed by atoms with Gasteiger partial charge in [-0.3, -0.25) is 15.1 Å². The van der Waals surface area contributed by atoms with E-state index in [1.165, 1.54) is 25.5 Å². The quantitative estimate of drug-likeness (QED) is 0.160. The minimum atomic E-state index is -1.25. The van der Waals surface area contributed by atoms with Gasteiger partial charge in [-0.05, 0) is 55.0 Å². The Morgan fingerprint density at radius 1 is 1.05 bits per heavy atom. The molecule has 0 atom stereocenters. The first kappa shape index (κ1) is 39.6. The van der Waals surface area contributed by atoms with Crippen LogP contribution in [0.15, 0.2) is 71.9 Å². The van der Waals surface area contributed by atoms with Crippen LogP contribution in [-0.4, -0.2) is 48.1 Å². The molecule has 0 saturated heterocycles. The van der Waals surface area contributed by atoms with E-state index in [1.807, 2.05) is 18.9 Å². The van der Waals surface area contributed by atoms with Gasteiger partial charge in [-0.1, -0.05) is 57.8 Å². The van der Waals surface area contributed by atoms with Crippen molar-refractivity contribution >= 4 is 41.9 Å². The molecule has 0 aliphatic heterocycles. The van der Waals surface area contributed by atoms with Crippen molar-refractivity contribution in [3.63, 3.8) is 0 Å². The highest BCUT2D eigenvalue weighted by Gasteiger charge is 2.23. The smallest absolute Gasteiger partial charge is 0.321 e. The lowest BCUT2D eigenvalue weighted by molar-refractivity contribution is -0.124. The number of anilines is 1. The molecule has 4 N–H and O–H groups in total. The molecule has 13 heteroatoms. The monoisotopic (exact) mass is 635 g/mol. The minimum Gasteiger partial charge on any atom is -0.439 e. The fourth-order valence-electron chi connectivity index (χ4n) is 2.72. The Balaban J connectivity index is 0.00000209. The summed E-state index contributed by atoms with van der Waals surface area (Å²) in [4.78, 5) is 40.7. The zero-order chi connectivity index (χ0) is 33.5. The third kappa shape index (κ3) is 16.9. The number of aromatic nitrogens is 1. The highest BCUT2D eigenvalue weighted by atomic mass is 35.5. The van der Waals surface area contributed by atoms with Crippen LogP contribution in [0.1, 0.15) is 46.6 Å². The number of halogens is 3. The molecule has 44 heavy (non-hydrogen) atoms. The number of benzene rings is 2. The van der Waals surface area contributed by atoms with Gasteiger partial charge in [0.25, 0.3) is 0 Å². The van der Waals surface area contributed by atoms with E-state index >= 15 is 0 Å². The maximum Gasteiger partial charge on any atom is 0.321 e. The molecule has 0 unspecified atom stereocenters. The summed E-state index contributed by atoms with van der Waals surface area (Å²) < 4.78 is 28.5. The van der Waals surface area contributed by atoms with E-state index in [-0.39, 0.29) is 24.2 Å². The predicted octanol–water partition coefficient (Wildman–Crippen LogP) is 6.69. The van der Waals surface area contributed by atoms with Crippen LogP contribution in [-0.2, 0) is 16.1 Å². The molecule has 0 aliphatic carbocycles. The fourth-order valence-corrected chi connectivity index (χ4v) is 2.85. The molecule has 1 heterocycles. The van der Waals surface area contributed by atoms with Crippen molar-refractivity contribution in [3.8, 4) is 11.6 Å². The van der Waals surface area contributed by atoms with E-state index in [2.05, 4.69) is 39.8 Å². The first-order valence-corrected chi connectivity index (χ1v) is 13.8. The molecule has 0 radical (unpaired) electrons. The van der Waals surface area contributed by atoms with E-state index in [1.54, 1.807) is 50.2 Å². The fraction of sp³-hybridized carbons (Fsp3) is 0.323. The van der Waals surface area contributed by atoms with Gasteiger partial charge in [0.2, 0.25) is 11.8 Å². The molecular weight excluding hydrogens is 596 g/mol. The summed E-state index contributed by atoms with van der Waals surface area (Å²) in [5.74, 6) is 0.446. The highest BCUT2D eigenvalue weighted by Crippen LogP contribution is 2.22. The Kier molecular flexibility index (Phi) is 19.9. The first-order valence-electron chi connectivity index (χ1n) is 13.4. The van der Waals surface area contributed by atoms with Crippen molar-refractivity contribution in [1.29, 1.82) is 0 Å². The molecule has 0 aliphatic rings. The predicted molar refractivity (Wildman–Crippen MR) is 169 cm³/mol. The van der Waals surface area contributed by atoms with Crippen LogP contribution in [0.4, 0.5) is 19.3 Å². The van der Waals surface area contributed by atoms with Crippen LogP contribution in [0.3, 0.4) is 0 Å². The van der Waals surface area contributed by atoms with Crippen molar-refractivity contribution < 1.29 is 33.0 Å². The normalized spacial score (nSPS) is 10.3. The lowest BCUT2D eigenvalue weighted by atomic mass is 9.89. The number of hydrogen-bond donors (Lipinski definition) is 4. The third-order valence-electron chi connectivity index (χ3n) is 5.22. The van der Waals surface area contributed by atoms with E-state index in [0.29, 0.717) is 23.0 Å². The SMILES string of the molecule is C=O.CC(=O)C(C)(C)CN=C(NC(=O)NCc1ccc(Cl)cc1)Nc1ccc(Oc2ccc(F)cn2)cc1.CCC.OCF. The van der Waals surface area contributed by atoms with Gasteiger partial charge in [-0.2, -0.15) is 0 Å². The zero-order valence-electron chi connectivity index (χ0n) is 25.5. The number of ketones is 1. The number of carbonyl (C=O) groups is 3. The second kappa shape index (κ2) is 22.2. The average Bonchev–Trinajstić information content (AvgIpc) is 2.99. The maximum atomic E-state index is 13.0. The van der Waals surface area contributed by atoms with Crippen molar-refractivity contribution in [2.24, 2.45) is 10.4 Å². The molecule has 0 saturated carbocycles. The third-order valence-corrected chi connectivity index (χ3v) is 5.48. The number of ether oxygens (including phenoxy) is 1. The lowest BCUT2D eigenvalue weighted by Gasteiger charge is -2.20. The molecule has 0 fully saturated rings. The second-order valence-corrected chi connectivity index (χ2v) is 9.87. The number of pyridine rings is 1. The van der Waals surface area contributed by atoms with Crippen LogP contribution in [0.25, 0.3) is 0 Å². The number of alkyl halides is 1.